The molecule has 0 radical (unpaired) electrons. The molecule has 0 fully saturated rings. The predicted molar refractivity (Wildman–Crippen MR) is 116 cm³/mol. The number of anilines is 3. The van der Waals surface area contributed by atoms with Gasteiger partial charge in [0.05, 0.1) is 12.7 Å². The SMILES string of the molecule is COc1ccc(Cl)cc1C(=O)Nc1cc(NC(=O)Nc2ccccc2)ccc1C. The molecule has 0 aliphatic heterocycles. The van der Waals surface area contributed by atoms with Crippen LogP contribution in [0.5, 0.6) is 5.75 Å². The number of benzene rings is 3. The van der Waals surface area contributed by atoms with Gasteiger partial charge in [-0.15, -0.1) is 0 Å². The number of halogens is 1. The molecule has 7 heteroatoms. The minimum Gasteiger partial charge on any atom is -0.496 e. The number of para-hydroxylation sites is 1. The van der Waals surface area contributed by atoms with E-state index in [4.69, 9.17) is 16.3 Å². The van der Waals surface area contributed by atoms with Crippen LogP contribution in [0.2, 0.25) is 5.02 Å². The summed E-state index contributed by atoms with van der Waals surface area (Å²) in [6.45, 7) is 1.86. The molecule has 0 aliphatic rings. The zero-order chi connectivity index (χ0) is 20.8. The summed E-state index contributed by atoms with van der Waals surface area (Å²) < 4.78 is 5.24. The quantitative estimate of drug-likeness (QED) is 0.516. The summed E-state index contributed by atoms with van der Waals surface area (Å²) in [5.41, 5.74) is 2.94. The molecule has 0 aliphatic carbocycles. The van der Waals surface area contributed by atoms with Crippen LogP contribution in [0.25, 0.3) is 0 Å². The van der Waals surface area contributed by atoms with Crippen LogP contribution in [0.15, 0.2) is 66.7 Å². The van der Waals surface area contributed by atoms with Gasteiger partial charge in [0.1, 0.15) is 5.75 Å². The van der Waals surface area contributed by atoms with Gasteiger partial charge in [0, 0.05) is 22.1 Å². The zero-order valence-electron chi connectivity index (χ0n) is 16.0. The molecule has 0 spiro atoms. The summed E-state index contributed by atoms with van der Waals surface area (Å²) in [5, 5.41) is 8.77. The third-order valence-electron chi connectivity index (χ3n) is 4.18. The summed E-state index contributed by atoms with van der Waals surface area (Å²) >= 11 is 6.01. The van der Waals surface area contributed by atoms with E-state index < -0.39 is 0 Å². The Hall–Kier alpha value is -3.51. The number of urea groups is 1. The zero-order valence-corrected chi connectivity index (χ0v) is 16.7. The molecule has 3 rings (SSSR count). The Morgan fingerprint density at radius 1 is 0.862 bits per heavy atom. The highest BCUT2D eigenvalue weighted by Crippen LogP contribution is 2.26. The van der Waals surface area contributed by atoms with Gasteiger partial charge < -0.3 is 20.7 Å². The fourth-order valence-electron chi connectivity index (χ4n) is 2.70. The second-order valence-electron chi connectivity index (χ2n) is 6.27. The van der Waals surface area contributed by atoms with Crippen molar-refractivity contribution in [2.45, 2.75) is 6.92 Å². The molecule has 3 N–H and O–H groups in total. The van der Waals surface area contributed by atoms with E-state index in [1.54, 1.807) is 42.5 Å². The van der Waals surface area contributed by atoms with E-state index in [9.17, 15) is 9.59 Å². The van der Waals surface area contributed by atoms with Crippen LogP contribution >= 0.6 is 11.6 Å². The van der Waals surface area contributed by atoms with Crippen LogP contribution in [-0.4, -0.2) is 19.0 Å². The highest BCUT2D eigenvalue weighted by Gasteiger charge is 2.15. The third kappa shape index (κ3) is 5.27. The second-order valence-corrected chi connectivity index (χ2v) is 6.71. The lowest BCUT2D eigenvalue weighted by Gasteiger charge is -2.13. The first-order valence-electron chi connectivity index (χ1n) is 8.85. The first-order chi connectivity index (χ1) is 14.0. The number of hydrogen-bond donors (Lipinski definition) is 3. The van der Waals surface area contributed by atoms with Crippen molar-refractivity contribution >= 4 is 40.6 Å². The Balaban J connectivity index is 1.74. The number of rotatable bonds is 5. The minimum atomic E-state index is -0.381. The van der Waals surface area contributed by atoms with Crippen molar-refractivity contribution in [3.8, 4) is 5.75 Å². The summed E-state index contributed by atoms with van der Waals surface area (Å²) in [7, 11) is 1.49. The first kappa shape index (κ1) is 20.2. The Morgan fingerprint density at radius 3 is 2.31 bits per heavy atom. The van der Waals surface area contributed by atoms with Gasteiger partial charge in [-0.3, -0.25) is 4.79 Å². The molecule has 0 saturated carbocycles. The monoisotopic (exact) mass is 409 g/mol. The van der Waals surface area contributed by atoms with E-state index in [0.29, 0.717) is 33.4 Å². The number of hydrogen-bond acceptors (Lipinski definition) is 3. The molecule has 29 heavy (non-hydrogen) atoms. The second kappa shape index (κ2) is 9.12. The van der Waals surface area contributed by atoms with Gasteiger partial charge in [0.2, 0.25) is 0 Å². The van der Waals surface area contributed by atoms with Crippen LogP contribution in [0.1, 0.15) is 15.9 Å². The van der Waals surface area contributed by atoms with Crippen LogP contribution in [0.4, 0.5) is 21.9 Å². The maximum absolute atomic E-state index is 12.7. The Morgan fingerprint density at radius 2 is 1.59 bits per heavy atom. The number of ether oxygens (including phenoxy) is 1. The molecule has 3 amide bonds. The average Bonchev–Trinajstić information content (AvgIpc) is 2.71. The van der Waals surface area contributed by atoms with E-state index in [1.807, 2.05) is 31.2 Å². The fourth-order valence-corrected chi connectivity index (χ4v) is 2.87. The highest BCUT2D eigenvalue weighted by molar-refractivity contribution is 6.31. The molecule has 0 saturated heterocycles. The maximum Gasteiger partial charge on any atom is 0.323 e. The molecule has 0 bridgehead atoms. The number of carbonyl (C=O) groups excluding carboxylic acids is 2. The normalized spacial score (nSPS) is 10.2. The fraction of sp³-hybridized carbons (Fsp3) is 0.0909. The van der Waals surface area contributed by atoms with Gasteiger partial charge in [-0.05, 0) is 55.0 Å². The van der Waals surface area contributed by atoms with Crippen molar-refractivity contribution in [3.63, 3.8) is 0 Å². The number of carbonyl (C=O) groups is 2. The number of nitrogens with one attached hydrogen (secondary N) is 3. The van der Waals surface area contributed by atoms with Crippen molar-refractivity contribution in [1.29, 1.82) is 0 Å². The molecule has 0 aromatic heterocycles. The molecular weight excluding hydrogens is 390 g/mol. The van der Waals surface area contributed by atoms with Crippen molar-refractivity contribution in [1.82, 2.24) is 0 Å². The summed E-state index contributed by atoms with van der Waals surface area (Å²) in [6.07, 6.45) is 0. The van der Waals surface area contributed by atoms with E-state index in [-0.39, 0.29) is 11.9 Å². The van der Waals surface area contributed by atoms with E-state index in [2.05, 4.69) is 16.0 Å². The highest BCUT2D eigenvalue weighted by atomic mass is 35.5. The van der Waals surface area contributed by atoms with Crippen molar-refractivity contribution < 1.29 is 14.3 Å². The van der Waals surface area contributed by atoms with E-state index in [0.717, 1.165) is 5.56 Å². The Bertz CT molecular complexity index is 1040. The lowest BCUT2D eigenvalue weighted by atomic mass is 10.1. The summed E-state index contributed by atoms with van der Waals surface area (Å²) in [6, 6.07) is 18.8. The molecule has 3 aromatic rings. The van der Waals surface area contributed by atoms with Crippen molar-refractivity contribution in [2.75, 3.05) is 23.1 Å². The topological polar surface area (TPSA) is 79.5 Å². The number of methoxy groups -OCH3 is 1. The van der Waals surface area contributed by atoms with Crippen molar-refractivity contribution in [2.24, 2.45) is 0 Å². The molecule has 0 atom stereocenters. The van der Waals surface area contributed by atoms with Gasteiger partial charge >= 0.3 is 6.03 Å². The smallest absolute Gasteiger partial charge is 0.323 e. The molecule has 148 valence electrons. The lowest BCUT2D eigenvalue weighted by Crippen LogP contribution is -2.20. The number of aryl methyl sites for hydroxylation is 1. The minimum absolute atomic E-state index is 0.319. The molecule has 0 heterocycles. The van der Waals surface area contributed by atoms with Crippen LogP contribution in [0, 0.1) is 6.92 Å². The predicted octanol–water partition coefficient (Wildman–Crippen LogP) is 5.55. The van der Waals surface area contributed by atoms with Gasteiger partial charge in [0.25, 0.3) is 5.91 Å². The van der Waals surface area contributed by atoms with E-state index in [1.165, 1.54) is 7.11 Å². The Kier molecular flexibility index (Phi) is 6.36. The average molecular weight is 410 g/mol. The standard InChI is InChI=1S/C22H20ClN3O3/c1-14-8-10-17(25-22(28)24-16-6-4-3-5-7-16)13-19(14)26-21(27)18-12-15(23)9-11-20(18)29-2/h3-13H,1-2H3,(H,26,27)(H2,24,25,28). The van der Waals surface area contributed by atoms with Crippen LogP contribution in [0.3, 0.4) is 0 Å². The van der Waals surface area contributed by atoms with Gasteiger partial charge in [-0.2, -0.15) is 0 Å². The summed E-state index contributed by atoms with van der Waals surface area (Å²) in [4.78, 5) is 24.9. The van der Waals surface area contributed by atoms with Gasteiger partial charge in [-0.1, -0.05) is 35.9 Å². The van der Waals surface area contributed by atoms with Gasteiger partial charge in [0.15, 0.2) is 0 Å². The van der Waals surface area contributed by atoms with E-state index >= 15 is 0 Å². The largest absolute Gasteiger partial charge is 0.496 e. The molecule has 3 aromatic carbocycles. The number of amides is 3. The van der Waals surface area contributed by atoms with Crippen LogP contribution < -0.4 is 20.7 Å². The first-order valence-corrected chi connectivity index (χ1v) is 9.22. The lowest BCUT2D eigenvalue weighted by molar-refractivity contribution is 0.102. The maximum atomic E-state index is 12.7. The summed E-state index contributed by atoms with van der Waals surface area (Å²) in [5.74, 6) is 0.0550. The van der Waals surface area contributed by atoms with Crippen molar-refractivity contribution in [3.05, 3.63) is 82.9 Å². The molecule has 0 unspecified atom stereocenters. The Labute approximate surface area is 173 Å². The molecular formula is C22H20ClN3O3. The van der Waals surface area contributed by atoms with Gasteiger partial charge in [-0.25, -0.2) is 4.79 Å². The molecule has 6 nitrogen and oxygen atoms in total. The third-order valence-corrected chi connectivity index (χ3v) is 4.42. The van der Waals surface area contributed by atoms with Crippen LogP contribution in [-0.2, 0) is 0 Å².